The first kappa shape index (κ1) is 11.4. The van der Waals surface area contributed by atoms with Crippen LogP contribution in [0.25, 0.3) is 5.70 Å². The van der Waals surface area contributed by atoms with E-state index in [2.05, 4.69) is 29.0 Å². The van der Waals surface area contributed by atoms with Crippen LogP contribution in [-0.4, -0.2) is 4.98 Å². The SMILES string of the molecule is C=C(NCc1ccccc1)c1ccc(C)cn1. The van der Waals surface area contributed by atoms with Crippen LogP contribution in [0.3, 0.4) is 0 Å². The molecule has 86 valence electrons. The molecule has 0 aliphatic rings. The zero-order valence-electron chi connectivity index (χ0n) is 9.98. The molecule has 0 saturated carbocycles. The van der Waals surface area contributed by atoms with Gasteiger partial charge in [-0.15, -0.1) is 0 Å². The van der Waals surface area contributed by atoms with E-state index in [9.17, 15) is 0 Å². The number of aryl methyl sites for hydroxylation is 1. The van der Waals surface area contributed by atoms with Gasteiger partial charge in [-0.25, -0.2) is 0 Å². The molecular weight excluding hydrogens is 208 g/mol. The van der Waals surface area contributed by atoms with Crippen molar-refractivity contribution < 1.29 is 0 Å². The summed E-state index contributed by atoms with van der Waals surface area (Å²) in [7, 11) is 0. The van der Waals surface area contributed by atoms with Crippen LogP contribution < -0.4 is 5.32 Å². The van der Waals surface area contributed by atoms with Crippen LogP contribution in [0.2, 0.25) is 0 Å². The number of aromatic nitrogens is 1. The molecule has 0 amide bonds. The molecule has 1 N–H and O–H groups in total. The molecule has 0 atom stereocenters. The monoisotopic (exact) mass is 224 g/mol. The molecule has 2 rings (SSSR count). The molecule has 0 saturated heterocycles. The molecule has 1 aromatic heterocycles. The van der Waals surface area contributed by atoms with Crippen molar-refractivity contribution in [2.75, 3.05) is 0 Å². The van der Waals surface area contributed by atoms with Gasteiger partial charge < -0.3 is 5.32 Å². The van der Waals surface area contributed by atoms with E-state index in [1.54, 1.807) is 0 Å². The molecule has 0 radical (unpaired) electrons. The van der Waals surface area contributed by atoms with Crippen molar-refractivity contribution in [2.24, 2.45) is 0 Å². The molecule has 0 unspecified atom stereocenters. The number of nitrogens with one attached hydrogen (secondary N) is 1. The Morgan fingerprint density at radius 2 is 1.94 bits per heavy atom. The molecule has 1 aromatic carbocycles. The smallest absolute Gasteiger partial charge is 0.0855 e. The Labute approximate surface area is 102 Å². The molecule has 0 bridgehead atoms. The summed E-state index contributed by atoms with van der Waals surface area (Å²) in [5, 5.41) is 3.28. The van der Waals surface area contributed by atoms with Gasteiger partial charge >= 0.3 is 0 Å². The summed E-state index contributed by atoms with van der Waals surface area (Å²) in [6.45, 7) is 6.79. The molecule has 2 heteroatoms. The van der Waals surface area contributed by atoms with Crippen molar-refractivity contribution >= 4 is 5.70 Å². The Morgan fingerprint density at radius 3 is 2.59 bits per heavy atom. The second-order valence-corrected chi connectivity index (χ2v) is 4.04. The largest absolute Gasteiger partial charge is 0.380 e. The van der Waals surface area contributed by atoms with Gasteiger partial charge in [0.15, 0.2) is 0 Å². The van der Waals surface area contributed by atoms with Crippen molar-refractivity contribution in [1.82, 2.24) is 10.3 Å². The number of nitrogens with zero attached hydrogens (tertiary/aromatic N) is 1. The summed E-state index contributed by atoms with van der Waals surface area (Å²) in [5.41, 5.74) is 4.14. The van der Waals surface area contributed by atoms with Gasteiger partial charge in [0.2, 0.25) is 0 Å². The molecule has 1 heterocycles. The van der Waals surface area contributed by atoms with Crippen LogP contribution in [-0.2, 0) is 6.54 Å². The summed E-state index contributed by atoms with van der Waals surface area (Å²) in [4.78, 5) is 4.33. The maximum Gasteiger partial charge on any atom is 0.0855 e. The fourth-order valence-corrected chi connectivity index (χ4v) is 1.54. The lowest BCUT2D eigenvalue weighted by molar-refractivity contribution is 0.885. The molecule has 0 spiro atoms. The van der Waals surface area contributed by atoms with Crippen molar-refractivity contribution in [3.05, 3.63) is 72.1 Å². The van der Waals surface area contributed by atoms with Crippen molar-refractivity contribution in [3.8, 4) is 0 Å². The summed E-state index contributed by atoms with van der Waals surface area (Å²) in [5.74, 6) is 0. The van der Waals surface area contributed by atoms with Crippen molar-refractivity contribution in [2.45, 2.75) is 13.5 Å². The van der Waals surface area contributed by atoms with Gasteiger partial charge in [0.1, 0.15) is 0 Å². The average molecular weight is 224 g/mol. The summed E-state index contributed by atoms with van der Waals surface area (Å²) in [6.07, 6.45) is 1.85. The first-order chi connectivity index (χ1) is 8.25. The molecular formula is C15H16N2. The van der Waals surface area contributed by atoms with E-state index in [1.165, 1.54) is 5.56 Å². The Bertz CT molecular complexity index is 486. The Balaban J connectivity index is 1.96. The van der Waals surface area contributed by atoms with E-state index in [0.29, 0.717) is 0 Å². The third kappa shape index (κ3) is 3.18. The summed E-state index contributed by atoms with van der Waals surface area (Å²) in [6, 6.07) is 14.3. The maximum absolute atomic E-state index is 4.33. The Kier molecular flexibility index (Phi) is 3.55. The van der Waals surface area contributed by atoms with E-state index >= 15 is 0 Å². The average Bonchev–Trinajstić information content (AvgIpc) is 2.38. The molecule has 0 aliphatic heterocycles. The summed E-state index contributed by atoms with van der Waals surface area (Å²) >= 11 is 0. The van der Waals surface area contributed by atoms with Crippen LogP contribution in [0.1, 0.15) is 16.8 Å². The van der Waals surface area contributed by atoms with E-state index in [0.717, 1.165) is 23.5 Å². The third-order valence-corrected chi connectivity index (χ3v) is 2.57. The molecule has 0 aliphatic carbocycles. The number of hydrogen-bond acceptors (Lipinski definition) is 2. The molecule has 2 nitrogen and oxygen atoms in total. The lowest BCUT2D eigenvalue weighted by Crippen LogP contribution is -2.11. The highest BCUT2D eigenvalue weighted by molar-refractivity contribution is 5.58. The predicted molar refractivity (Wildman–Crippen MR) is 71.3 cm³/mol. The zero-order chi connectivity index (χ0) is 12.1. The number of pyridine rings is 1. The van der Waals surface area contributed by atoms with Crippen molar-refractivity contribution in [3.63, 3.8) is 0 Å². The first-order valence-corrected chi connectivity index (χ1v) is 5.65. The molecule has 17 heavy (non-hydrogen) atoms. The van der Waals surface area contributed by atoms with Gasteiger partial charge in [-0.05, 0) is 24.1 Å². The van der Waals surface area contributed by atoms with Gasteiger partial charge in [-0.1, -0.05) is 43.0 Å². The minimum absolute atomic E-state index is 0.773. The van der Waals surface area contributed by atoms with E-state index in [-0.39, 0.29) is 0 Å². The quantitative estimate of drug-likeness (QED) is 0.863. The minimum atomic E-state index is 0.773. The minimum Gasteiger partial charge on any atom is -0.380 e. The lowest BCUT2D eigenvalue weighted by Gasteiger charge is -2.09. The number of hydrogen-bond donors (Lipinski definition) is 1. The highest BCUT2D eigenvalue weighted by atomic mass is 14.9. The van der Waals surface area contributed by atoms with Crippen LogP contribution in [0.4, 0.5) is 0 Å². The topological polar surface area (TPSA) is 24.9 Å². The zero-order valence-corrected chi connectivity index (χ0v) is 9.98. The van der Waals surface area contributed by atoms with E-state index < -0.39 is 0 Å². The predicted octanol–water partition coefficient (Wildman–Crippen LogP) is 3.15. The molecule has 2 aromatic rings. The first-order valence-electron chi connectivity index (χ1n) is 5.65. The fraction of sp³-hybridized carbons (Fsp3) is 0.133. The third-order valence-electron chi connectivity index (χ3n) is 2.57. The lowest BCUT2D eigenvalue weighted by atomic mass is 10.2. The fourth-order valence-electron chi connectivity index (χ4n) is 1.54. The second-order valence-electron chi connectivity index (χ2n) is 4.04. The second kappa shape index (κ2) is 5.30. The number of benzene rings is 1. The van der Waals surface area contributed by atoms with Crippen LogP contribution >= 0.6 is 0 Å². The maximum atomic E-state index is 4.33. The van der Waals surface area contributed by atoms with Crippen LogP contribution in [0.15, 0.2) is 55.2 Å². The Morgan fingerprint density at radius 1 is 1.18 bits per heavy atom. The normalized spacial score (nSPS) is 9.94. The van der Waals surface area contributed by atoms with Crippen LogP contribution in [0.5, 0.6) is 0 Å². The van der Waals surface area contributed by atoms with Crippen molar-refractivity contribution in [1.29, 1.82) is 0 Å². The standard InChI is InChI=1S/C15H16N2/c1-12-8-9-15(17-10-12)13(2)16-11-14-6-4-3-5-7-14/h3-10,16H,2,11H2,1H3. The van der Waals surface area contributed by atoms with Crippen LogP contribution in [0, 0.1) is 6.92 Å². The van der Waals surface area contributed by atoms with E-state index in [4.69, 9.17) is 0 Å². The van der Waals surface area contributed by atoms with Gasteiger partial charge in [0.25, 0.3) is 0 Å². The highest BCUT2D eigenvalue weighted by Crippen LogP contribution is 2.08. The van der Waals surface area contributed by atoms with E-state index in [1.807, 2.05) is 43.5 Å². The Hall–Kier alpha value is -2.09. The van der Waals surface area contributed by atoms with Gasteiger partial charge in [-0.3, -0.25) is 4.98 Å². The van der Waals surface area contributed by atoms with Gasteiger partial charge in [0.05, 0.1) is 11.4 Å². The van der Waals surface area contributed by atoms with Gasteiger partial charge in [-0.2, -0.15) is 0 Å². The summed E-state index contributed by atoms with van der Waals surface area (Å²) < 4.78 is 0. The molecule has 0 fully saturated rings. The highest BCUT2D eigenvalue weighted by Gasteiger charge is 1.99. The van der Waals surface area contributed by atoms with Gasteiger partial charge in [0, 0.05) is 12.7 Å². The number of rotatable bonds is 4.